The number of carbonyl (C=O) groups is 1. The molecular formula is C12H18ClNO8S2. The molecule has 2 atom stereocenters. The van der Waals surface area contributed by atoms with Crippen LogP contribution in [-0.2, 0) is 25.9 Å². The van der Waals surface area contributed by atoms with E-state index < -0.39 is 44.9 Å². The maximum atomic E-state index is 12.7. The Morgan fingerprint density at radius 3 is 2.29 bits per heavy atom. The second kappa shape index (κ2) is 8.54. The molecule has 1 heterocycles. The number of aromatic carboxylic acids is 1. The van der Waals surface area contributed by atoms with Crippen LogP contribution in [-0.4, -0.2) is 74.4 Å². The van der Waals surface area contributed by atoms with E-state index in [9.17, 15) is 28.5 Å². The van der Waals surface area contributed by atoms with Crippen LogP contribution in [0.1, 0.15) is 15.2 Å². The van der Waals surface area contributed by atoms with Gasteiger partial charge in [0.15, 0.2) is 12.6 Å². The van der Waals surface area contributed by atoms with Crippen LogP contribution in [0, 0.1) is 0 Å². The molecule has 1 rings (SSSR count). The molecule has 0 aliphatic carbocycles. The van der Waals surface area contributed by atoms with Gasteiger partial charge < -0.3 is 24.8 Å². The first-order valence-electron chi connectivity index (χ1n) is 6.48. The van der Waals surface area contributed by atoms with Crippen molar-refractivity contribution < 1.29 is 38.0 Å². The van der Waals surface area contributed by atoms with E-state index in [1.165, 1.54) is 14.2 Å². The molecule has 24 heavy (non-hydrogen) atoms. The lowest BCUT2D eigenvalue weighted by atomic mass is 10.2. The summed E-state index contributed by atoms with van der Waals surface area (Å²) in [5, 5.41) is 28.3. The summed E-state index contributed by atoms with van der Waals surface area (Å²) in [4.78, 5) is 10.4. The quantitative estimate of drug-likeness (QED) is 0.497. The van der Waals surface area contributed by atoms with Crippen LogP contribution in [0.15, 0.2) is 4.90 Å². The fraction of sp³-hybridized carbons (Fsp3) is 0.583. The Bertz CT molecular complexity index is 689. The molecule has 2 unspecified atom stereocenters. The number of carboxylic acid groups (broad SMARTS) is 1. The Morgan fingerprint density at radius 1 is 1.29 bits per heavy atom. The minimum Gasteiger partial charge on any atom is -0.477 e. The maximum Gasteiger partial charge on any atom is 0.347 e. The number of likely N-dealkylation sites (N-methyl/N-ethyl adjacent to an activating group) is 1. The summed E-state index contributed by atoms with van der Waals surface area (Å²) in [6.45, 7) is -0.419. The molecule has 1 aromatic rings. The van der Waals surface area contributed by atoms with E-state index in [0.29, 0.717) is 11.3 Å². The van der Waals surface area contributed by atoms with E-state index in [2.05, 4.69) is 9.47 Å². The number of carboxylic acids is 1. The number of halogens is 1. The average Bonchev–Trinajstić information content (AvgIpc) is 2.84. The van der Waals surface area contributed by atoms with Crippen molar-refractivity contribution >= 4 is 38.9 Å². The highest BCUT2D eigenvalue weighted by Gasteiger charge is 2.35. The second-order valence-electron chi connectivity index (χ2n) is 4.69. The number of thiophene rings is 1. The zero-order valence-corrected chi connectivity index (χ0v) is 15.5. The number of hydrogen-bond acceptors (Lipinski definition) is 8. The molecule has 138 valence electrons. The minimum absolute atomic E-state index is 0.0628. The molecule has 3 N–H and O–H groups in total. The van der Waals surface area contributed by atoms with Crippen LogP contribution < -0.4 is 0 Å². The lowest BCUT2D eigenvalue weighted by Crippen LogP contribution is -2.36. The Kier molecular flexibility index (Phi) is 7.56. The van der Waals surface area contributed by atoms with E-state index >= 15 is 0 Å². The van der Waals surface area contributed by atoms with Gasteiger partial charge in [0.1, 0.15) is 9.77 Å². The third-order valence-electron chi connectivity index (χ3n) is 3.11. The highest BCUT2D eigenvalue weighted by atomic mass is 35.5. The monoisotopic (exact) mass is 403 g/mol. The SMILES string of the molecule is COC(O)Cc1c(Cl)sc(C(=O)O)c1S(=O)(=O)N(C)CC(O)OC. The van der Waals surface area contributed by atoms with Crippen molar-refractivity contribution in [2.75, 3.05) is 27.8 Å². The fourth-order valence-corrected chi connectivity index (χ4v) is 5.03. The van der Waals surface area contributed by atoms with Crippen molar-refractivity contribution in [3.63, 3.8) is 0 Å². The van der Waals surface area contributed by atoms with Crippen LogP contribution in [0.25, 0.3) is 0 Å². The summed E-state index contributed by atoms with van der Waals surface area (Å²) in [5.41, 5.74) is -0.0628. The van der Waals surface area contributed by atoms with Gasteiger partial charge in [0.2, 0.25) is 10.0 Å². The lowest BCUT2D eigenvalue weighted by molar-refractivity contribution is -0.0791. The first-order valence-corrected chi connectivity index (χ1v) is 9.12. The molecule has 0 aromatic carbocycles. The topological polar surface area (TPSA) is 134 Å². The van der Waals surface area contributed by atoms with E-state index in [4.69, 9.17) is 11.6 Å². The van der Waals surface area contributed by atoms with Gasteiger partial charge in [0.25, 0.3) is 0 Å². The van der Waals surface area contributed by atoms with Crippen molar-refractivity contribution in [3.8, 4) is 0 Å². The van der Waals surface area contributed by atoms with Crippen molar-refractivity contribution in [3.05, 3.63) is 14.8 Å². The summed E-state index contributed by atoms with van der Waals surface area (Å²) in [7, 11) is -0.757. The van der Waals surface area contributed by atoms with Gasteiger partial charge in [-0.15, -0.1) is 11.3 Å². The highest BCUT2D eigenvalue weighted by molar-refractivity contribution is 7.89. The summed E-state index contributed by atoms with van der Waals surface area (Å²) < 4.78 is 35.4. The number of nitrogens with zero attached hydrogens (tertiary/aromatic N) is 1. The fourth-order valence-electron chi connectivity index (χ4n) is 1.82. The standard InChI is InChI=1S/C12H18ClNO8S2/c1-14(5-8(16)22-3)24(19,20)10-6(4-7(15)21-2)11(13)23-9(10)12(17)18/h7-8,15-16H,4-5H2,1-3H3,(H,17,18). The highest BCUT2D eigenvalue weighted by Crippen LogP contribution is 2.38. The Morgan fingerprint density at radius 2 is 1.83 bits per heavy atom. The van der Waals surface area contributed by atoms with E-state index in [1.54, 1.807) is 0 Å². The van der Waals surface area contributed by atoms with Gasteiger partial charge in [-0.2, -0.15) is 4.31 Å². The summed E-state index contributed by atoms with van der Waals surface area (Å²) in [5.74, 6) is -1.47. The number of ether oxygens (including phenoxy) is 2. The van der Waals surface area contributed by atoms with Crippen molar-refractivity contribution in [2.24, 2.45) is 0 Å². The molecule has 0 spiro atoms. The summed E-state index contributed by atoms with van der Waals surface area (Å²) in [6, 6.07) is 0. The van der Waals surface area contributed by atoms with Crippen LogP contribution in [0.3, 0.4) is 0 Å². The van der Waals surface area contributed by atoms with Crippen LogP contribution in [0.2, 0.25) is 4.34 Å². The van der Waals surface area contributed by atoms with Gasteiger partial charge in [0, 0.05) is 33.3 Å². The van der Waals surface area contributed by atoms with Gasteiger partial charge in [-0.1, -0.05) is 11.6 Å². The van der Waals surface area contributed by atoms with Crippen molar-refractivity contribution in [1.29, 1.82) is 0 Å². The summed E-state index contributed by atoms with van der Waals surface area (Å²) >= 11 is 6.54. The van der Waals surface area contributed by atoms with Crippen LogP contribution in [0.4, 0.5) is 0 Å². The second-order valence-corrected chi connectivity index (χ2v) is 8.29. The van der Waals surface area contributed by atoms with Gasteiger partial charge in [-0.3, -0.25) is 0 Å². The predicted octanol–water partition coefficient (Wildman–Crippen LogP) is 0.192. The normalized spacial score (nSPS) is 14.8. The Balaban J connectivity index is 3.45. The zero-order chi connectivity index (χ0) is 18.7. The molecule has 0 saturated heterocycles. The molecule has 0 saturated carbocycles. The average molecular weight is 404 g/mol. The smallest absolute Gasteiger partial charge is 0.347 e. The third-order valence-corrected chi connectivity index (χ3v) is 6.64. The predicted molar refractivity (Wildman–Crippen MR) is 85.8 cm³/mol. The van der Waals surface area contributed by atoms with Crippen LogP contribution in [0.5, 0.6) is 0 Å². The number of hydrogen-bond donors (Lipinski definition) is 3. The number of aliphatic hydroxyl groups is 2. The number of methoxy groups -OCH3 is 2. The minimum atomic E-state index is -4.31. The van der Waals surface area contributed by atoms with E-state index in [0.717, 1.165) is 11.4 Å². The number of rotatable bonds is 9. The molecule has 0 amide bonds. The van der Waals surface area contributed by atoms with E-state index in [-0.39, 0.29) is 16.3 Å². The molecule has 1 aromatic heterocycles. The summed E-state index contributed by atoms with van der Waals surface area (Å²) in [6.07, 6.45) is -3.06. The van der Waals surface area contributed by atoms with Crippen molar-refractivity contribution in [1.82, 2.24) is 4.31 Å². The molecule has 0 radical (unpaired) electrons. The zero-order valence-electron chi connectivity index (χ0n) is 13.1. The molecule has 0 fully saturated rings. The largest absolute Gasteiger partial charge is 0.477 e. The van der Waals surface area contributed by atoms with Gasteiger partial charge in [-0.25, -0.2) is 13.2 Å². The van der Waals surface area contributed by atoms with Crippen molar-refractivity contribution in [2.45, 2.75) is 23.9 Å². The van der Waals surface area contributed by atoms with Gasteiger partial charge >= 0.3 is 5.97 Å². The first-order chi connectivity index (χ1) is 11.1. The molecule has 9 nitrogen and oxygen atoms in total. The Labute approximate surface area is 148 Å². The maximum absolute atomic E-state index is 12.7. The molecule has 0 aliphatic rings. The third kappa shape index (κ3) is 4.64. The number of sulfonamides is 1. The van der Waals surface area contributed by atoms with Crippen LogP contribution >= 0.6 is 22.9 Å². The molecular weight excluding hydrogens is 386 g/mol. The van der Waals surface area contributed by atoms with E-state index in [1.807, 2.05) is 0 Å². The molecule has 0 bridgehead atoms. The Hall–Kier alpha value is -0.790. The molecule has 12 heteroatoms. The molecule has 0 aliphatic heterocycles. The number of aliphatic hydroxyl groups excluding tert-OH is 2. The first kappa shape index (κ1) is 21.3. The lowest BCUT2D eigenvalue weighted by Gasteiger charge is -2.21. The van der Waals surface area contributed by atoms with Gasteiger partial charge in [0.05, 0.1) is 10.9 Å². The van der Waals surface area contributed by atoms with Gasteiger partial charge in [-0.05, 0) is 0 Å².